The Morgan fingerprint density at radius 3 is 2.37 bits per heavy atom. The van der Waals surface area contributed by atoms with Crippen molar-refractivity contribution >= 4 is 11.6 Å². The first-order chi connectivity index (χ1) is 9.16. The zero-order valence-corrected chi connectivity index (χ0v) is 13.2. The van der Waals surface area contributed by atoms with Crippen LogP contribution in [0.3, 0.4) is 0 Å². The van der Waals surface area contributed by atoms with Crippen molar-refractivity contribution < 1.29 is 0 Å². The number of hydrogen-bond donors (Lipinski definition) is 1. The lowest BCUT2D eigenvalue weighted by Gasteiger charge is -2.15. The van der Waals surface area contributed by atoms with Crippen LogP contribution in [0.5, 0.6) is 0 Å². The van der Waals surface area contributed by atoms with E-state index in [9.17, 15) is 0 Å². The van der Waals surface area contributed by atoms with Crippen LogP contribution in [0.2, 0.25) is 5.02 Å². The Bertz CT molecular complexity index is 362. The first-order valence-electron chi connectivity index (χ1n) is 7.67. The molecule has 0 aromatic heterocycles. The molecule has 2 N–H and O–H groups in total. The van der Waals surface area contributed by atoms with Crippen molar-refractivity contribution in [1.82, 2.24) is 0 Å². The summed E-state index contributed by atoms with van der Waals surface area (Å²) < 4.78 is 0. The van der Waals surface area contributed by atoms with Gasteiger partial charge >= 0.3 is 0 Å². The molecule has 0 aliphatic rings. The van der Waals surface area contributed by atoms with Gasteiger partial charge in [-0.2, -0.15) is 0 Å². The van der Waals surface area contributed by atoms with Crippen LogP contribution in [0, 0.1) is 6.92 Å². The largest absolute Gasteiger partial charge is 0.324 e. The summed E-state index contributed by atoms with van der Waals surface area (Å²) in [5.41, 5.74) is 8.61. The fourth-order valence-electron chi connectivity index (χ4n) is 2.50. The van der Waals surface area contributed by atoms with Crippen LogP contribution >= 0.6 is 11.6 Å². The summed E-state index contributed by atoms with van der Waals surface area (Å²) in [7, 11) is 0. The molecule has 0 fully saturated rings. The molecule has 1 rings (SSSR count). The number of rotatable bonds is 9. The van der Waals surface area contributed by atoms with Gasteiger partial charge in [0.2, 0.25) is 0 Å². The van der Waals surface area contributed by atoms with E-state index in [1.807, 2.05) is 12.1 Å². The monoisotopic (exact) mass is 281 g/mol. The van der Waals surface area contributed by atoms with E-state index in [1.165, 1.54) is 50.5 Å². The van der Waals surface area contributed by atoms with Gasteiger partial charge in [-0.25, -0.2) is 0 Å². The molecule has 0 bridgehead atoms. The Morgan fingerprint density at radius 1 is 1.05 bits per heavy atom. The molecule has 0 saturated carbocycles. The van der Waals surface area contributed by atoms with Crippen LogP contribution in [0.25, 0.3) is 0 Å². The number of nitrogens with two attached hydrogens (primary N) is 1. The van der Waals surface area contributed by atoms with Gasteiger partial charge in [-0.3, -0.25) is 0 Å². The molecule has 0 aliphatic heterocycles. The van der Waals surface area contributed by atoms with Gasteiger partial charge in [0.25, 0.3) is 0 Å². The second-order valence-corrected chi connectivity index (χ2v) is 5.88. The predicted octanol–water partition coefficient (Wildman–Crippen LogP) is 5.79. The lowest BCUT2D eigenvalue weighted by Crippen LogP contribution is -2.11. The molecule has 1 nitrogen and oxygen atoms in total. The maximum atomic E-state index is 6.27. The van der Waals surface area contributed by atoms with E-state index in [0.717, 1.165) is 17.0 Å². The average molecular weight is 282 g/mol. The van der Waals surface area contributed by atoms with Crippen LogP contribution in [0.1, 0.15) is 75.5 Å². The number of hydrogen-bond acceptors (Lipinski definition) is 1. The molecule has 108 valence electrons. The maximum Gasteiger partial charge on any atom is 0.0438 e. The van der Waals surface area contributed by atoms with Gasteiger partial charge in [0.1, 0.15) is 0 Å². The Hall–Kier alpha value is -0.530. The highest BCUT2D eigenvalue weighted by Gasteiger charge is 2.10. The third-order valence-corrected chi connectivity index (χ3v) is 4.24. The lowest BCUT2D eigenvalue weighted by molar-refractivity contribution is 0.540. The summed E-state index contributed by atoms with van der Waals surface area (Å²) in [5, 5.41) is 0.826. The van der Waals surface area contributed by atoms with E-state index >= 15 is 0 Å². The van der Waals surface area contributed by atoms with Crippen LogP contribution in [0.4, 0.5) is 0 Å². The van der Waals surface area contributed by atoms with Gasteiger partial charge in [0.05, 0.1) is 0 Å². The van der Waals surface area contributed by atoms with Crippen LogP contribution in [-0.4, -0.2) is 0 Å². The molecule has 0 heterocycles. The Balaban J connectivity index is 2.24. The third-order valence-electron chi connectivity index (χ3n) is 3.83. The van der Waals surface area contributed by atoms with Crippen molar-refractivity contribution in [2.75, 3.05) is 0 Å². The fraction of sp³-hybridized carbons (Fsp3) is 0.647. The molecule has 0 radical (unpaired) electrons. The smallest absolute Gasteiger partial charge is 0.0438 e. The van der Waals surface area contributed by atoms with Gasteiger partial charge < -0.3 is 5.73 Å². The maximum absolute atomic E-state index is 6.27. The standard InChI is InChI=1S/C17H28ClN/c1-3-4-5-6-7-8-9-13-17(19)15-11-10-12-16(18)14(15)2/h10-12,17H,3-9,13,19H2,1-2H3. The average Bonchev–Trinajstić information content (AvgIpc) is 2.40. The van der Waals surface area contributed by atoms with Crippen molar-refractivity contribution in [2.45, 2.75) is 71.3 Å². The second-order valence-electron chi connectivity index (χ2n) is 5.47. The Morgan fingerprint density at radius 2 is 1.68 bits per heavy atom. The molecule has 1 unspecified atom stereocenters. The van der Waals surface area contributed by atoms with E-state index in [2.05, 4.69) is 19.9 Å². The first kappa shape index (κ1) is 16.5. The first-order valence-corrected chi connectivity index (χ1v) is 8.05. The highest BCUT2D eigenvalue weighted by atomic mass is 35.5. The van der Waals surface area contributed by atoms with Crippen molar-refractivity contribution in [3.05, 3.63) is 34.3 Å². The van der Waals surface area contributed by atoms with Gasteiger partial charge in [-0.15, -0.1) is 0 Å². The molecular formula is C17H28ClN. The molecule has 0 spiro atoms. The highest BCUT2D eigenvalue weighted by molar-refractivity contribution is 6.31. The molecule has 0 amide bonds. The van der Waals surface area contributed by atoms with E-state index in [0.29, 0.717) is 0 Å². The minimum Gasteiger partial charge on any atom is -0.324 e. The van der Waals surface area contributed by atoms with Crippen LogP contribution in [-0.2, 0) is 0 Å². The van der Waals surface area contributed by atoms with Crippen molar-refractivity contribution in [3.8, 4) is 0 Å². The molecular weight excluding hydrogens is 254 g/mol. The second kappa shape index (κ2) is 9.39. The molecule has 0 saturated heterocycles. The summed E-state index contributed by atoms with van der Waals surface area (Å²) in [4.78, 5) is 0. The van der Waals surface area contributed by atoms with Crippen molar-refractivity contribution in [3.63, 3.8) is 0 Å². The minimum absolute atomic E-state index is 0.134. The molecule has 1 aromatic carbocycles. The molecule has 2 heteroatoms. The van der Waals surface area contributed by atoms with Crippen LogP contribution in [0.15, 0.2) is 18.2 Å². The summed E-state index contributed by atoms with van der Waals surface area (Å²) in [6, 6.07) is 6.16. The van der Waals surface area contributed by atoms with Gasteiger partial charge in [0, 0.05) is 11.1 Å². The molecule has 0 aliphatic carbocycles. The molecule has 19 heavy (non-hydrogen) atoms. The summed E-state index contributed by atoms with van der Waals surface area (Å²) in [6.45, 7) is 4.31. The normalized spacial score (nSPS) is 12.6. The summed E-state index contributed by atoms with van der Waals surface area (Å²) in [5.74, 6) is 0. The third kappa shape index (κ3) is 5.97. The van der Waals surface area contributed by atoms with E-state index in [-0.39, 0.29) is 6.04 Å². The van der Waals surface area contributed by atoms with E-state index in [4.69, 9.17) is 17.3 Å². The molecule has 1 atom stereocenters. The van der Waals surface area contributed by atoms with Gasteiger partial charge in [0.15, 0.2) is 0 Å². The lowest BCUT2D eigenvalue weighted by atomic mass is 9.97. The SMILES string of the molecule is CCCCCCCCCC(N)c1cccc(Cl)c1C. The van der Waals surface area contributed by atoms with Crippen molar-refractivity contribution in [1.29, 1.82) is 0 Å². The summed E-state index contributed by atoms with van der Waals surface area (Å²) >= 11 is 6.13. The van der Waals surface area contributed by atoms with Gasteiger partial charge in [-0.1, -0.05) is 75.6 Å². The van der Waals surface area contributed by atoms with Crippen LogP contribution < -0.4 is 5.73 Å². The van der Waals surface area contributed by atoms with E-state index in [1.54, 1.807) is 0 Å². The minimum atomic E-state index is 0.134. The highest BCUT2D eigenvalue weighted by Crippen LogP contribution is 2.26. The fourth-order valence-corrected chi connectivity index (χ4v) is 2.68. The zero-order valence-electron chi connectivity index (χ0n) is 12.4. The number of halogens is 1. The quantitative estimate of drug-likeness (QED) is 0.570. The van der Waals surface area contributed by atoms with Gasteiger partial charge in [-0.05, 0) is 30.5 Å². The number of benzene rings is 1. The Labute approximate surface area is 123 Å². The summed E-state index contributed by atoms with van der Waals surface area (Å²) in [6.07, 6.45) is 10.4. The predicted molar refractivity (Wildman–Crippen MR) is 85.7 cm³/mol. The molecule has 1 aromatic rings. The van der Waals surface area contributed by atoms with Crippen molar-refractivity contribution in [2.24, 2.45) is 5.73 Å². The number of unbranched alkanes of at least 4 members (excludes halogenated alkanes) is 6. The Kier molecular flexibility index (Phi) is 8.16. The van der Waals surface area contributed by atoms with E-state index < -0.39 is 0 Å². The zero-order chi connectivity index (χ0) is 14.1. The topological polar surface area (TPSA) is 26.0 Å².